The van der Waals surface area contributed by atoms with E-state index in [1.54, 1.807) is 0 Å². The lowest BCUT2D eigenvalue weighted by Gasteiger charge is -2.28. The fourth-order valence-electron chi connectivity index (χ4n) is 3.64. The van der Waals surface area contributed by atoms with Crippen LogP contribution in [0.5, 0.6) is 5.75 Å². The molecule has 3 aromatic rings. The molecule has 1 aromatic heterocycles. The molecule has 0 saturated heterocycles. The number of anilines is 2. The van der Waals surface area contributed by atoms with Gasteiger partial charge in [-0.1, -0.05) is 11.6 Å². The zero-order valence-electron chi connectivity index (χ0n) is 17.4. The van der Waals surface area contributed by atoms with Gasteiger partial charge in [-0.2, -0.15) is 10.2 Å². The Kier molecular flexibility index (Phi) is 5.22. The van der Waals surface area contributed by atoms with Crippen LogP contribution < -0.4 is 14.4 Å². The van der Waals surface area contributed by atoms with Crippen LogP contribution in [0.4, 0.5) is 11.4 Å². The normalized spacial score (nSPS) is 15.8. The molecule has 2 aromatic carbocycles. The Balaban J connectivity index is 1.41. The number of rotatable bonds is 6. The molecule has 1 N–H and O–H groups in total. The fraction of sp³-hybridized carbons (Fsp3) is 0.273. The largest absolute Gasteiger partial charge is 0.482 e. The van der Waals surface area contributed by atoms with Crippen molar-refractivity contribution >= 4 is 27.3 Å². The highest BCUT2D eigenvalue weighted by Gasteiger charge is 2.30. The number of nitrogens with zero attached hydrogens (tertiary/aromatic N) is 4. The zero-order valence-corrected chi connectivity index (χ0v) is 18.2. The van der Waals surface area contributed by atoms with Crippen LogP contribution in [-0.2, 0) is 21.4 Å². The summed E-state index contributed by atoms with van der Waals surface area (Å²) in [5.74, 6) is 1.23. The summed E-state index contributed by atoms with van der Waals surface area (Å²) < 4.78 is 39.2. The standard InChI is InChI=1S/C22H19N5O5S/c23-11-14-4-6-16(7-5-14)26-33(29,30)17-8-9-19-18(10-17)27(21(28)13-31-19)12-20-24-22(32-25-20)15-2-1-3-15/h4-10,15,26H,1-3,12-13H2. The van der Waals surface area contributed by atoms with Crippen LogP contribution in [-0.4, -0.2) is 31.1 Å². The lowest BCUT2D eigenvalue weighted by Crippen LogP contribution is -2.38. The van der Waals surface area contributed by atoms with Gasteiger partial charge < -0.3 is 9.26 Å². The maximum absolute atomic E-state index is 12.9. The van der Waals surface area contributed by atoms with Crippen LogP contribution in [0.2, 0.25) is 0 Å². The second kappa shape index (κ2) is 8.22. The fourth-order valence-corrected chi connectivity index (χ4v) is 4.72. The molecule has 2 heterocycles. The van der Waals surface area contributed by atoms with E-state index in [2.05, 4.69) is 14.9 Å². The predicted molar refractivity (Wildman–Crippen MR) is 116 cm³/mol. The SMILES string of the molecule is N#Cc1ccc(NS(=O)(=O)c2ccc3c(c2)N(Cc2noc(C4CCC4)n2)C(=O)CO3)cc1. The van der Waals surface area contributed by atoms with Gasteiger partial charge in [0.25, 0.3) is 15.9 Å². The Labute approximate surface area is 189 Å². The minimum absolute atomic E-state index is 0.0396. The molecule has 0 spiro atoms. The molecule has 5 rings (SSSR count). The number of carbonyl (C=O) groups excluding carboxylic acids is 1. The van der Waals surface area contributed by atoms with Crippen molar-refractivity contribution in [2.75, 3.05) is 16.2 Å². The van der Waals surface area contributed by atoms with E-state index >= 15 is 0 Å². The summed E-state index contributed by atoms with van der Waals surface area (Å²) in [6.07, 6.45) is 3.15. The third-order valence-corrected chi connectivity index (χ3v) is 7.07. The van der Waals surface area contributed by atoms with Gasteiger partial charge in [-0.25, -0.2) is 8.42 Å². The first-order valence-electron chi connectivity index (χ1n) is 10.4. The van der Waals surface area contributed by atoms with E-state index in [0.29, 0.717) is 34.4 Å². The number of hydrogen-bond acceptors (Lipinski definition) is 8. The molecule has 2 aliphatic rings. The average Bonchev–Trinajstić information content (AvgIpc) is 3.22. The molecule has 33 heavy (non-hydrogen) atoms. The van der Waals surface area contributed by atoms with Crippen molar-refractivity contribution in [3.8, 4) is 11.8 Å². The van der Waals surface area contributed by atoms with Crippen LogP contribution in [0.1, 0.15) is 42.5 Å². The number of fused-ring (bicyclic) bond motifs is 1. The Morgan fingerprint density at radius 1 is 1.18 bits per heavy atom. The smallest absolute Gasteiger partial charge is 0.265 e. The first kappa shape index (κ1) is 21.0. The quantitative estimate of drug-likeness (QED) is 0.586. The minimum Gasteiger partial charge on any atom is -0.482 e. The number of sulfonamides is 1. The molecular formula is C22H19N5O5S. The summed E-state index contributed by atoms with van der Waals surface area (Å²) in [5, 5.41) is 12.9. The van der Waals surface area contributed by atoms with Crippen LogP contribution in [0.25, 0.3) is 0 Å². The van der Waals surface area contributed by atoms with Gasteiger partial charge in [0.2, 0.25) is 5.89 Å². The van der Waals surface area contributed by atoms with E-state index in [-0.39, 0.29) is 29.9 Å². The molecule has 0 radical (unpaired) electrons. The molecule has 1 aliphatic carbocycles. The third-order valence-electron chi connectivity index (χ3n) is 5.69. The number of carbonyl (C=O) groups is 1. The van der Waals surface area contributed by atoms with Gasteiger partial charge in [0.15, 0.2) is 12.4 Å². The van der Waals surface area contributed by atoms with Gasteiger partial charge in [0, 0.05) is 11.6 Å². The van der Waals surface area contributed by atoms with E-state index in [4.69, 9.17) is 14.5 Å². The third kappa shape index (κ3) is 4.12. The molecule has 0 unspecified atom stereocenters. The molecule has 1 aliphatic heterocycles. The number of amides is 1. The van der Waals surface area contributed by atoms with Crippen molar-refractivity contribution < 1.29 is 22.5 Å². The number of ether oxygens (including phenoxy) is 1. The summed E-state index contributed by atoms with van der Waals surface area (Å²) in [5.41, 5.74) is 1.04. The highest BCUT2D eigenvalue weighted by Crippen LogP contribution is 2.37. The predicted octanol–water partition coefficient (Wildman–Crippen LogP) is 2.94. The molecule has 0 bridgehead atoms. The van der Waals surface area contributed by atoms with Gasteiger partial charge in [-0.3, -0.25) is 14.4 Å². The van der Waals surface area contributed by atoms with Crippen LogP contribution in [0.15, 0.2) is 51.9 Å². The summed E-state index contributed by atoms with van der Waals surface area (Å²) in [6.45, 7) is -0.131. The first-order valence-corrected chi connectivity index (χ1v) is 11.8. The van der Waals surface area contributed by atoms with Crippen LogP contribution in [0.3, 0.4) is 0 Å². The topological polar surface area (TPSA) is 138 Å². The number of nitriles is 1. The lowest BCUT2D eigenvalue weighted by atomic mass is 9.85. The first-order chi connectivity index (χ1) is 15.9. The molecule has 10 nitrogen and oxygen atoms in total. The van der Waals surface area contributed by atoms with Gasteiger partial charge in [0.05, 0.1) is 28.8 Å². The van der Waals surface area contributed by atoms with E-state index in [1.807, 2.05) is 6.07 Å². The second-order valence-electron chi connectivity index (χ2n) is 7.87. The lowest BCUT2D eigenvalue weighted by molar-refractivity contribution is -0.121. The van der Waals surface area contributed by atoms with E-state index < -0.39 is 10.0 Å². The van der Waals surface area contributed by atoms with Gasteiger partial charge in [-0.05, 0) is 55.3 Å². The Hall–Kier alpha value is -3.91. The Morgan fingerprint density at radius 3 is 2.67 bits per heavy atom. The van der Waals surface area contributed by atoms with Crippen molar-refractivity contribution in [3.63, 3.8) is 0 Å². The highest BCUT2D eigenvalue weighted by molar-refractivity contribution is 7.92. The van der Waals surface area contributed by atoms with E-state index in [0.717, 1.165) is 19.3 Å². The number of nitrogens with one attached hydrogen (secondary N) is 1. The monoisotopic (exact) mass is 465 g/mol. The van der Waals surface area contributed by atoms with Crippen molar-refractivity contribution in [1.29, 1.82) is 5.26 Å². The molecule has 168 valence electrons. The maximum Gasteiger partial charge on any atom is 0.265 e. The van der Waals surface area contributed by atoms with Gasteiger partial charge >= 0.3 is 0 Å². The summed E-state index contributed by atoms with van der Waals surface area (Å²) in [4.78, 5) is 18.4. The van der Waals surface area contributed by atoms with Crippen LogP contribution >= 0.6 is 0 Å². The average molecular weight is 465 g/mol. The molecule has 1 saturated carbocycles. The number of benzene rings is 2. The van der Waals surface area contributed by atoms with Crippen LogP contribution in [0, 0.1) is 11.3 Å². The van der Waals surface area contributed by atoms with Crippen molar-refractivity contribution in [2.45, 2.75) is 36.6 Å². The van der Waals surface area contributed by atoms with Gasteiger partial charge in [-0.15, -0.1) is 0 Å². The molecular weight excluding hydrogens is 446 g/mol. The molecule has 0 atom stereocenters. The molecule has 11 heteroatoms. The van der Waals surface area contributed by atoms with Crippen molar-refractivity contribution in [3.05, 3.63) is 59.7 Å². The highest BCUT2D eigenvalue weighted by atomic mass is 32.2. The van der Waals surface area contributed by atoms with Crippen molar-refractivity contribution in [1.82, 2.24) is 10.1 Å². The zero-order chi connectivity index (χ0) is 23.0. The minimum atomic E-state index is -3.96. The maximum atomic E-state index is 12.9. The molecule has 1 amide bonds. The number of hydrogen-bond donors (Lipinski definition) is 1. The second-order valence-corrected chi connectivity index (χ2v) is 9.55. The van der Waals surface area contributed by atoms with E-state index in [1.165, 1.54) is 47.4 Å². The van der Waals surface area contributed by atoms with Crippen molar-refractivity contribution in [2.24, 2.45) is 0 Å². The summed E-state index contributed by atoms with van der Waals surface area (Å²) in [7, 11) is -3.96. The molecule has 1 fully saturated rings. The number of aromatic nitrogens is 2. The Bertz CT molecular complexity index is 1360. The van der Waals surface area contributed by atoms with E-state index in [9.17, 15) is 13.2 Å². The van der Waals surface area contributed by atoms with Gasteiger partial charge in [0.1, 0.15) is 5.75 Å². The Morgan fingerprint density at radius 2 is 1.97 bits per heavy atom. The summed E-state index contributed by atoms with van der Waals surface area (Å²) in [6, 6.07) is 12.3. The summed E-state index contributed by atoms with van der Waals surface area (Å²) >= 11 is 0.